The number of ether oxygens (including phenoxy) is 4. The second kappa shape index (κ2) is 15.3. The third-order valence-corrected chi connectivity index (χ3v) is 11.4. The molecule has 0 bridgehead atoms. The van der Waals surface area contributed by atoms with Crippen LogP contribution in [-0.4, -0.2) is 83.5 Å². The van der Waals surface area contributed by atoms with Crippen molar-refractivity contribution in [3.05, 3.63) is 48.2 Å². The van der Waals surface area contributed by atoms with Gasteiger partial charge in [-0.05, 0) is 61.9 Å². The molecular formula is C37H50FN3O7. The molecule has 0 spiro atoms. The summed E-state index contributed by atoms with van der Waals surface area (Å²) in [7, 11) is 3.02. The first-order valence-electron chi connectivity index (χ1n) is 17.7. The van der Waals surface area contributed by atoms with E-state index in [1.54, 1.807) is 10.9 Å². The Morgan fingerprint density at radius 2 is 1.85 bits per heavy atom. The van der Waals surface area contributed by atoms with Crippen molar-refractivity contribution < 1.29 is 38.0 Å². The molecule has 1 saturated heterocycles. The number of ketones is 1. The van der Waals surface area contributed by atoms with E-state index >= 15 is 4.39 Å². The number of hydrogen-bond donors (Lipinski definition) is 1. The molecule has 6 rings (SSSR count). The molecule has 1 aromatic heterocycles. The number of benzene rings is 1. The number of halogens is 1. The highest BCUT2D eigenvalue weighted by molar-refractivity contribution is 5.98. The van der Waals surface area contributed by atoms with E-state index in [9.17, 15) is 14.7 Å². The highest BCUT2D eigenvalue weighted by Gasteiger charge is 2.60. The second-order valence-corrected chi connectivity index (χ2v) is 14.2. The van der Waals surface area contributed by atoms with E-state index in [1.165, 1.54) is 14.2 Å². The van der Waals surface area contributed by atoms with Crippen LogP contribution in [-0.2, 0) is 28.5 Å². The number of allylic oxidation sites excluding steroid dienone is 2. The minimum absolute atomic E-state index is 0.00551. The topological polar surface area (TPSA) is 122 Å². The molecule has 1 aromatic carbocycles. The number of aliphatic hydroxyl groups excluding tert-OH is 1. The summed E-state index contributed by atoms with van der Waals surface area (Å²) < 4.78 is 41.9. The Bertz CT molecular complexity index is 1430. The average molecular weight is 668 g/mol. The van der Waals surface area contributed by atoms with Gasteiger partial charge in [-0.15, -0.1) is 5.10 Å². The van der Waals surface area contributed by atoms with E-state index in [0.29, 0.717) is 24.1 Å². The number of carbonyl (C=O) groups excluding carboxylic acids is 2. The quantitative estimate of drug-likeness (QED) is 0.273. The molecule has 4 unspecified atom stereocenters. The number of esters is 1. The standard InChI is InChI=1S/C37H50FN3O7/c1-5-23-14-10-9-11-21(2)36(43)29-17-26-25-15-24(48-37(44)31(46-4)20-45-3)16-28(25)35(34(38)33(26)27(29)18-32(42)47-23)41-19-30(39-40-41)22-12-7-6-8-13-22/h6-8,12-13,17,19,21,23-28,31,33-35,37,44H,5,9-11,14-16,18,20H2,1-4H3/t21-,23+,24+,25+,26?,27-,28-,31+,33-,34?,35?,37?/m1/s1. The van der Waals surface area contributed by atoms with Crippen LogP contribution in [0.25, 0.3) is 11.3 Å². The Morgan fingerprint density at radius 3 is 2.58 bits per heavy atom. The molecule has 2 heterocycles. The van der Waals surface area contributed by atoms with Crippen LogP contribution in [0.15, 0.2) is 48.2 Å². The maximum Gasteiger partial charge on any atom is 0.306 e. The predicted molar refractivity (Wildman–Crippen MR) is 175 cm³/mol. The van der Waals surface area contributed by atoms with E-state index in [1.807, 2.05) is 50.3 Å². The summed E-state index contributed by atoms with van der Waals surface area (Å²) in [5.74, 6) is -2.38. The SMILES string of the molecule is CC[C@H]1CCCC[C@@H](C)C(=O)C2=CC3[C@@H](C(F)C(n4cc(-c5ccccc5)nn4)[C@@H]4C[C@@H](OC(O)[C@H](COC)OC)C[C@@H]34)[C@@H]2CC(=O)O1. The van der Waals surface area contributed by atoms with Crippen molar-refractivity contribution in [1.82, 2.24) is 15.0 Å². The van der Waals surface area contributed by atoms with Gasteiger partial charge in [0.25, 0.3) is 0 Å². The lowest BCUT2D eigenvalue weighted by atomic mass is 9.63. The third kappa shape index (κ3) is 7.02. The van der Waals surface area contributed by atoms with Crippen LogP contribution in [0.5, 0.6) is 0 Å². The largest absolute Gasteiger partial charge is 0.462 e. The van der Waals surface area contributed by atoms with Gasteiger partial charge in [-0.3, -0.25) is 9.59 Å². The molecule has 1 N–H and O–H groups in total. The smallest absolute Gasteiger partial charge is 0.306 e. The van der Waals surface area contributed by atoms with Gasteiger partial charge in [0.15, 0.2) is 12.1 Å². The number of hydrogen-bond acceptors (Lipinski definition) is 9. The van der Waals surface area contributed by atoms with Crippen LogP contribution < -0.4 is 0 Å². The summed E-state index contributed by atoms with van der Waals surface area (Å²) in [4.78, 5) is 27.5. The zero-order valence-electron chi connectivity index (χ0n) is 28.4. The van der Waals surface area contributed by atoms with E-state index in [2.05, 4.69) is 10.3 Å². The number of nitrogens with zero attached hydrogens (tertiary/aromatic N) is 3. The number of alkyl halides is 1. The van der Waals surface area contributed by atoms with E-state index in [0.717, 1.165) is 37.7 Å². The Kier molecular flexibility index (Phi) is 11.1. The maximum absolute atomic E-state index is 17.5. The average Bonchev–Trinajstić information content (AvgIpc) is 3.82. The van der Waals surface area contributed by atoms with Gasteiger partial charge in [-0.1, -0.05) is 61.9 Å². The van der Waals surface area contributed by atoms with Crippen molar-refractivity contribution in [3.8, 4) is 11.3 Å². The van der Waals surface area contributed by atoms with E-state index in [-0.39, 0.29) is 60.7 Å². The molecule has 10 nitrogen and oxygen atoms in total. The van der Waals surface area contributed by atoms with Gasteiger partial charge in [0.2, 0.25) is 0 Å². The molecule has 11 heteroatoms. The zero-order valence-corrected chi connectivity index (χ0v) is 28.4. The van der Waals surface area contributed by atoms with Crippen LogP contribution in [0.1, 0.15) is 71.3 Å². The number of aliphatic hydroxyl groups is 1. The van der Waals surface area contributed by atoms with Crippen molar-refractivity contribution in [1.29, 1.82) is 0 Å². The normalized spacial score (nSPS) is 35.3. The van der Waals surface area contributed by atoms with Crippen molar-refractivity contribution in [3.63, 3.8) is 0 Å². The van der Waals surface area contributed by atoms with Gasteiger partial charge < -0.3 is 24.1 Å². The Morgan fingerprint density at radius 1 is 1.10 bits per heavy atom. The molecule has 3 aliphatic carbocycles. The zero-order chi connectivity index (χ0) is 33.9. The number of fused-ring (bicyclic) bond motifs is 5. The van der Waals surface area contributed by atoms with Crippen LogP contribution in [0.3, 0.4) is 0 Å². The molecule has 4 aliphatic rings. The lowest BCUT2D eigenvalue weighted by Gasteiger charge is -2.45. The van der Waals surface area contributed by atoms with E-state index < -0.39 is 36.4 Å². The molecule has 2 saturated carbocycles. The summed E-state index contributed by atoms with van der Waals surface area (Å²) >= 11 is 0. The highest BCUT2D eigenvalue weighted by atomic mass is 19.1. The Balaban J connectivity index is 1.36. The van der Waals surface area contributed by atoms with Gasteiger partial charge in [0.05, 0.1) is 31.4 Å². The number of cyclic esters (lactones) is 1. The molecule has 0 amide bonds. The summed E-state index contributed by atoms with van der Waals surface area (Å²) in [6.07, 6.45) is 4.87. The van der Waals surface area contributed by atoms with Crippen LogP contribution in [0.2, 0.25) is 0 Å². The number of Topliss-reactive ketones (excluding diaryl/α,β-unsaturated/α-hetero) is 1. The van der Waals surface area contributed by atoms with Gasteiger partial charge in [0, 0.05) is 37.5 Å². The highest BCUT2D eigenvalue weighted by Crippen LogP contribution is 2.60. The Labute approximate surface area is 282 Å². The number of carbonyl (C=O) groups is 2. The predicted octanol–water partition coefficient (Wildman–Crippen LogP) is 5.51. The number of aromatic nitrogens is 3. The van der Waals surface area contributed by atoms with Gasteiger partial charge >= 0.3 is 5.97 Å². The minimum atomic E-state index is -1.42. The first-order valence-corrected chi connectivity index (χ1v) is 17.7. The second-order valence-electron chi connectivity index (χ2n) is 14.2. The molecule has 0 radical (unpaired) electrons. The Hall–Kier alpha value is -2.99. The number of rotatable bonds is 9. The fraction of sp³-hybridized carbons (Fsp3) is 0.676. The molecule has 2 aromatic rings. The minimum Gasteiger partial charge on any atom is -0.462 e. The molecule has 12 atom stereocenters. The summed E-state index contributed by atoms with van der Waals surface area (Å²) in [5, 5.41) is 19.8. The summed E-state index contributed by atoms with van der Waals surface area (Å²) in [6, 6.07) is 8.94. The third-order valence-electron chi connectivity index (χ3n) is 11.4. The molecule has 48 heavy (non-hydrogen) atoms. The fourth-order valence-electron chi connectivity index (χ4n) is 8.95. The van der Waals surface area contributed by atoms with Crippen molar-refractivity contribution in [2.75, 3.05) is 20.8 Å². The van der Waals surface area contributed by atoms with Crippen LogP contribution in [0.4, 0.5) is 4.39 Å². The molecule has 1 aliphatic heterocycles. The molecular weight excluding hydrogens is 617 g/mol. The lowest BCUT2D eigenvalue weighted by molar-refractivity contribution is -0.204. The monoisotopic (exact) mass is 667 g/mol. The lowest BCUT2D eigenvalue weighted by Crippen LogP contribution is -2.47. The van der Waals surface area contributed by atoms with Crippen molar-refractivity contribution in [2.24, 2.45) is 35.5 Å². The molecule has 262 valence electrons. The fourth-order valence-corrected chi connectivity index (χ4v) is 8.95. The first-order chi connectivity index (χ1) is 23.2. The summed E-state index contributed by atoms with van der Waals surface area (Å²) in [5.41, 5.74) is 2.08. The van der Waals surface area contributed by atoms with Crippen molar-refractivity contribution >= 4 is 11.8 Å². The molecule has 3 fully saturated rings. The summed E-state index contributed by atoms with van der Waals surface area (Å²) in [6.45, 7) is 4.12. The van der Waals surface area contributed by atoms with Crippen molar-refractivity contribution in [2.45, 2.75) is 102 Å². The van der Waals surface area contributed by atoms with E-state index in [4.69, 9.17) is 18.9 Å². The van der Waals surface area contributed by atoms with Crippen LogP contribution >= 0.6 is 0 Å². The van der Waals surface area contributed by atoms with Gasteiger partial charge in [-0.25, -0.2) is 9.07 Å². The van der Waals surface area contributed by atoms with Gasteiger partial charge in [-0.2, -0.15) is 0 Å². The maximum atomic E-state index is 17.5. The first kappa shape index (κ1) is 34.9. The van der Waals surface area contributed by atoms with Crippen LogP contribution in [0, 0.1) is 35.5 Å². The van der Waals surface area contributed by atoms with Gasteiger partial charge in [0.1, 0.15) is 24.1 Å². The number of methoxy groups -OCH3 is 2.